The minimum absolute atomic E-state index is 0.0672. The van der Waals surface area contributed by atoms with E-state index in [9.17, 15) is 24.0 Å². The molecule has 0 saturated carbocycles. The molecule has 11 nitrogen and oxygen atoms in total. The average Bonchev–Trinajstić information content (AvgIpc) is 2.56. The van der Waals surface area contributed by atoms with Crippen molar-refractivity contribution in [3.8, 4) is 0 Å². The Morgan fingerprint density at radius 1 is 0.542 bits per heavy atom. The van der Waals surface area contributed by atoms with Crippen LogP contribution in [0.1, 0.15) is 6.42 Å². The van der Waals surface area contributed by atoms with Crippen LogP contribution in [0.4, 0.5) is 0 Å². The van der Waals surface area contributed by atoms with Gasteiger partial charge in [0.05, 0.1) is 39.4 Å². The first-order valence-electron chi connectivity index (χ1n) is 7.38. The lowest BCUT2D eigenvalue weighted by Gasteiger charge is -2.08. The van der Waals surface area contributed by atoms with Gasteiger partial charge in [-0.25, -0.2) is 0 Å². The zero-order chi connectivity index (χ0) is 17.8. The Balaban J connectivity index is 2.46. The number of carbonyl (C=O) groups is 5. The zero-order valence-corrected chi connectivity index (χ0v) is 13.1. The summed E-state index contributed by atoms with van der Waals surface area (Å²) >= 11 is 0. The van der Waals surface area contributed by atoms with Crippen LogP contribution in [0.5, 0.6) is 0 Å². The molecule has 11 heteroatoms. The van der Waals surface area contributed by atoms with Crippen LogP contribution < -0.4 is 26.6 Å². The van der Waals surface area contributed by atoms with Gasteiger partial charge in [0.1, 0.15) is 0 Å². The molecule has 0 bridgehead atoms. The highest BCUT2D eigenvalue weighted by Gasteiger charge is 2.10. The normalized spacial score (nSPS) is 20.2. The van der Waals surface area contributed by atoms with E-state index in [1.54, 1.807) is 0 Å². The largest absolute Gasteiger partial charge is 0.379 e. The lowest BCUT2D eigenvalue weighted by molar-refractivity contribution is -0.129. The van der Waals surface area contributed by atoms with Crippen LogP contribution in [0.15, 0.2) is 0 Å². The van der Waals surface area contributed by atoms with Crippen LogP contribution in [0.25, 0.3) is 0 Å². The van der Waals surface area contributed by atoms with Gasteiger partial charge in [-0.3, -0.25) is 24.0 Å². The Bertz CT molecular complexity index is 453. The minimum atomic E-state index is -0.569. The second-order valence-electron chi connectivity index (χ2n) is 4.82. The summed E-state index contributed by atoms with van der Waals surface area (Å²) < 4.78 is 5.16. The number of hydrogen-bond acceptors (Lipinski definition) is 6. The average molecular weight is 343 g/mol. The maximum absolute atomic E-state index is 11.5. The van der Waals surface area contributed by atoms with Crippen LogP contribution in [-0.2, 0) is 28.7 Å². The van der Waals surface area contributed by atoms with Crippen LogP contribution in [0.2, 0.25) is 0 Å². The van der Waals surface area contributed by atoms with E-state index in [0.29, 0.717) is 0 Å². The highest BCUT2D eigenvalue weighted by atomic mass is 16.5. The lowest BCUT2D eigenvalue weighted by Crippen LogP contribution is -2.45. The van der Waals surface area contributed by atoms with Crippen molar-refractivity contribution in [2.75, 3.05) is 45.9 Å². The van der Waals surface area contributed by atoms with E-state index in [4.69, 9.17) is 4.74 Å². The van der Waals surface area contributed by atoms with Crippen LogP contribution >= 0.6 is 0 Å². The molecule has 1 aliphatic heterocycles. The van der Waals surface area contributed by atoms with Gasteiger partial charge in [0.25, 0.3) is 0 Å². The van der Waals surface area contributed by atoms with E-state index in [1.165, 1.54) is 0 Å². The van der Waals surface area contributed by atoms with Gasteiger partial charge in [-0.15, -0.1) is 0 Å². The molecule has 0 spiro atoms. The molecular formula is C13H21N5O6. The van der Waals surface area contributed by atoms with Crippen LogP contribution in [0.3, 0.4) is 0 Å². The second-order valence-corrected chi connectivity index (χ2v) is 4.82. The number of amides is 5. The molecule has 1 rings (SSSR count). The van der Waals surface area contributed by atoms with Gasteiger partial charge < -0.3 is 31.3 Å². The molecule has 134 valence electrons. The van der Waals surface area contributed by atoms with E-state index < -0.39 is 23.6 Å². The van der Waals surface area contributed by atoms with Crippen molar-refractivity contribution in [2.45, 2.75) is 6.42 Å². The summed E-state index contributed by atoms with van der Waals surface area (Å²) in [4.78, 5) is 57.2. The first-order valence-corrected chi connectivity index (χ1v) is 7.38. The van der Waals surface area contributed by atoms with Crippen molar-refractivity contribution in [3.63, 3.8) is 0 Å². The highest BCUT2D eigenvalue weighted by molar-refractivity contribution is 5.91. The molecule has 0 radical (unpaired) electrons. The fourth-order valence-electron chi connectivity index (χ4n) is 1.58. The first-order chi connectivity index (χ1) is 11.5. The number of nitrogens with one attached hydrogen (secondary N) is 5. The van der Waals surface area contributed by atoms with E-state index in [1.807, 2.05) is 0 Å². The number of rotatable bonds is 0. The third-order valence-electron chi connectivity index (χ3n) is 2.83. The van der Waals surface area contributed by atoms with Crippen molar-refractivity contribution >= 4 is 29.5 Å². The number of carbonyl (C=O) groups excluding carboxylic acids is 5. The van der Waals surface area contributed by atoms with Gasteiger partial charge >= 0.3 is 0 Å². The van der Waals surface area contributed by atoms with Gasteiger partial charge in [-0.2, -0.15) is 0 Å². The Morgan fingerprint density at radius 2 is 0.958 bits per heavy atom. The van der Waals surface area contributed by atoms with Crippen molar-refractivity contribution in [1.82, 2.24) is 26.6 Å². The summed E-state index contributed by atoms with van der Waals surface area (Å²) in [6.07, 6.45) is 0.0672. The Labute approximate surface area is 138 Å². The summed E-state index contributed by atoms with van der Waals surface area (Å²) in [7, 11) is 0. The molecule has 1 heterocycles. The summed E-state index contributed by atoms with van der Waals surface area (Å²) in [6, 6.07) is 0. The van der Waals surface area contributed by atoms with E-state index in [0.717, 1.165) is 0 Å². The predicted octanol–water partition coefficient (Wildman–Crippen LogP) is -4.01. The monoisotopic (exact) mass is 343 g/mol. The molecule has 1 saturated heterocycles. The third-order valence-corrected chi connectivity index (χ3v) is 2.83. The fraction of sp³-hybridized carbons (Fsp3) is 0.615. The smallest absolute Gasteiger partial charge is 0.239 e. The van der Waals surface area contributed by atoms with Crippen molar-refractivity contribution in [3.05, 3.63) is 0 Å². The summed E-state index contributed by atoms with van der Waals surface area (Å²) in [5.41, 5.74) is 0. The molecule has 5 N–H and O–H groups in total. The van der Waals surface area contributed by atoms with Crippen LogP contribution in [-0.4, -0.2) is 75.5 Å². The van der Waals surface area contributed by atoms with Crippen molar-refractivity contribution in [2.24, 2.45) is 0 Å². The van der Waals surface area contributed by atoms with E-state index in [-0.39, 0.29) is 58.3 Å². The standard InChI is InChI=1S/C13H21N5O6/c19-9-1-3-24-4-2-14-10(20)5-16-12(22)7-18-13(23)8-17-11(21)6-15-9/h1-8H2,(H,14,20)(H,15,19)(H,16,22)(H,17,21)(H,18,23). The maximum Gasteiger partial charge on any atom is 0.239 e. The lowest BCUT2D eigenvalue weighted by atomic mass is 10.4. The van der Waals surface area contributed by atoms with Gasteiger partial charge in [-0.05, 0) is 0 Å². The summed E-state index contributed by atoms with van der Waals surface area (Å²) in [5, 5.41) is 11.8. The molecule has 1 aliphatic rings. The molecule has 0 aliphatic carbocycles. The zero-order valence-electron chi connectivity index (χ0n) is 13.1. The molecule has 0 atom stereocenters. The molecule has 0 unspecified atom stereocenters. The molecular weight excluding hydrogens is 322 g/mol. The number of ether oxygens (including phenoxy) is 1. The number of hydrogen-bond donors (Lipinski definition) is 5. The SMILES string of the molecule is O=C1CCOCCNC(=O)CNC(=O)CNC(=O)CNC(=O)CN1. The molecule has 0 aromatic rings. The Morgan fingerprint density at radius 3 is 1.46 bits per heavy atom. The van der Waals surface area contributed by atoms with Gasteiger partial charge in [0.15, 0.2) is 0 Å². The molecule has 0 aromatic carbocycles. The fourth-order valence-corrected chi connectivity index (χ4v) is 1.58. The van der Waals surface area contributed by atoms with Crippen molar-refractivity contribution in [1.29, 1.82) is 0 Å². The van der Waals surface area contributed by atoms with Crippen molar-refractivity contribution < 1.29 is 28.7 Å². The molecule has 5 amide bonds. The highest BCUT2D eigenvalue weighted by Crippen LogP contribution is 1.83. The molecule has 24 heavy (non-hydrogen) atoms. The Kier molecular flexibility index (Phi) is 8.82. The first kappa shape index (κ1) is 19.4. The quantitative estimate of drug-likeness (QED) is 0.302. The molecule has 0 aromatic heterocycles. The second kappa shape index (κ2) is 10.9. The van der Waals surface area contributed by atoms with Gasteiger partial charge in [0.2, 0.25) is 29.5 Å². The Hall–Kier alpha value is -2.69. The van der Waals surface area contributed by atoms with E-state index >= 15 is 0 Å². The van der Waals surface area contributed by atoms with Gasteiger partial charge in [-0.1, -0.05) is 0 Å². The van der Waals surface area contributed by atoms with Gasteiger partial charge in [0, 0.05) is 13.0 Å². The maximum atomic E-state index is 11.5. The molecule has 1 fully saturated rings. The summed E-state index contributed by atoms with van der Waals surface area (Å²) in [6.45, 7) is -0.550. The summed E-state index contributed by atoms with van der Waals surface area (Å²) in [5.74, 6) is -2.41. The third kappa shape index (κ3) is 9.35. The predicted molar refractivity (Wildman–Crippen MR) is 80.5 cm³/mol. The van der Waals surface area contributed by atoms with E-state index in [2.05, 4.69) is 26.6 Å². The van der Waals surface area contributed by atoms with Crippen LogP contribution in [0, 0.1) is 0 Å². The topological polar surface area (TPSA) is 155 Å². The minimum Gasteiger partial charge on any atom is -0.379 e.